The predicted octanol–water partition coefficient (Wildman–Crippen LogP) is 5.25. The molecule has 0 atom stereocenters. The van der Waals surface area contributed by atoms with Gasteiger partial charge in [0.05, 0.1) is 6.61 Å². The molecule has 2 N–H and O–H groups in total. The van der Waals surface area contributed by atoms with E-state index in [2.05, 4.69) is 20.6 Å². The lowest BCUT2D eigenvalue weighted by Gasteiger charge is -2.33. The number of aromatic nitrogens is 2. The number of halogens is 1. The predicted molar refractivity (Wildman–Crippen MR) is 125 cm³/mol. The van der Waals surface area contributed by atoms with Crippen LogP contribution in [0.1, 0.15) is 40.0 Å². The molecule has 0 radical (unpaired) electrons. The molecule has 174 valence electrons. The highest BCUT2D eigenvalue weighted by atomic mass is 35.5. The number of hydrogen-bond donors (Lipinski definition) is 2. The normalized spacial score (nSPS) is 14.7. The van der Waals surface area contributed by atoms with E-state index in [1.54, 1.807) is 28.5 Å². The van der Waals surface area contributed by atoms with Crippen molar-refractivity contribution in [2.45, 2.75) is 45.6 Å². The van der Waals surface area contributed by atoms with Crippen molar-refractivity contribution in [2.24, 2.45) is 5.92 Å². The molecule has 9 nitrogen and oxygen atoms in total. The van der Waals surface area contributed by atoms with Gasteiger partial charge < -0.3 is 14.4 Å². The van der Waals surface area contributed by atoms with Gasteiger partial charge >= 0.3 is 12.1 Å². The molecule has 2 aromatic rings. The average molecular weight is 482 g/mol. The quantitative estimate of drug-likeness (QED) is 0.583. The number of rotatable bonds is 6. The second-order valence-electron chi connectivity index (χ2n) is 8.47. The maximum absolute atomic E-state index is 12.2. The molecule has 11 heteroatoms. The highest BCUT2D eigenvalue weighted by molar-refractivity contribution is 7.14. The number of ether oxygens (including phenoxy) is 2. The summed E-state index contributed by atoms with van der Waals surface area (Å²) >= 11 is 6.99. The third kappa shape index (κ3) is 7.83. The second kappa shape index (κ2) is 10.8. The van der Waals surface area contributed by atoms with Crippen LogP contribution in [0.15, 0.2) is 23.6 Å². The van der Waals surface area contributed by atoms with Crippen LogP contribution in [0, 0.1) is 5.92 Å². The second-order valence-corrected chi connectivity index (χ2v) is 9.91. The number of amides is 3. The number of carbonyl (C=O) groups excluding carboxylic acids is 2. The van der Waals surface area contributed by atoms with Crippen LogP contribution in [-0.4, -0.2) is 52.3 Å². The molecule has 1 fully saturated rings. The molecule has 0 spiro atoms. The fraction of sp³-hybridized carbons (Fsp3) is 0.524. The van der Waals surface area contributed by atoms with Crippen molar-refractivity contribution in [3.8, 4) is 5.88 Å². The summed E-state index contributed by atoms with van der Waals surface area (Å²) in [6.45, 7) is 7.51. The fourth-order valence-electron chi connectivity index (χ4n) is 3.20. The summed E-state index contributed by atoms with van der Waals surface area (Å²) in [6, 6.07) is 4.71. The lowest BCUT2D eigenvalue weighted by Crippen LogP contribution is -2.41. The minimum atomic E-state index is -0.479. The Morgan fingerprint density at radius 2 is 1.91 bits per heavy atom. The van der Waals surface area contributed by atoms with Crippen molar-refractivity contribution in [3.63, 3.8) is 0 Å². The van der Waals surface area contributed by atoms with Gasteiger partial charge in [-0.1, -0.05) is 17.7 Å². The van der Waals surface area contributed by atoms with Crippen molar-refractivity contribution in [2.75, 3.05) is 30.3 Å². The Hall–Kier alpha value is -2.59. The lowest BCUT2D eigenvalue weighted by atomic mass is 9.94. The average Bonchev–Trinajstić information content (AvgIpc) is 3.12. The van der Waals surface area contributed by atoms with Crippen LogP contribution in [0.4, 0.5) is 21.2 Å². The molecular weight excluding hydrogens is 454 g/mol. The third-order valence-corrected chi connectivity index (χ3v) is 5.70. The molecular formula is C21H28ClN5O4S. The first-order valence-corrected chi connectivity index (χ1v) is 11.7. The number of pyridine rings is 1. The van der Waals surface area contributed by atoms with Gasteiger partial charge in [0, 0.05) is 24.5 Å². The summed E-state index contributed by atoms with van der Waals surface area (Å²) in [5.41, 5.74) is -0.479. The van der Waals surface area contributed by atoms with Gasteiger partial charge in [0.15, 0.2) is 4.47 Å². The van der Waals surface area contributed by atoms with Gasteiger partial charge in [0.25, 0.3) is 0 Å². The Morgan fingerprint density at radius 3 is 2.56 bits per heavy atom. The highest BCUT2D eigenvalue weighted by Crippen LogP contribution is 2.23. The van der Waals surface area contributed by atoms with Gasteiger partial charge in [-0.3, -0.25) is 10.6 Å². The van der Waals surface area contributed by atoms with Gasteiger partial charge in [-0.15, -0.1) is 11.3 Å². The molecule has 0 unspecified atom stereocenters. The number of nitrogens with zero attached hydrogens (tertiary/aromatic N) is 3. The van der Waals surface area contributed by atoms with Crippen molar-refractivity contribution >= 4 is 46.7 Å². The van der Waals surface area contributed by atoms with E-state index in [0.717, 1.165) is 19.3 Å². The number of likely N-dealkylation sites (tertiary alicyclic amines) is 1. The Kier molecular flexibility index (Phi) is 8.14. The van der Waals surface area contributed by atoms with Crippen LogP contribution in [-0.2, 0) is 4.74 Å². The molecule has 0 saturated carbocycles. The monoisotopic (exact) mass is 481 g/mol. The minimum absolute atomic E-state index is 0.248. The summed E-state index contributed by atoms with van der Waals surface area (Å²) in [5, 5.41) is 6.88. The Balaban J connectivity index is 1.38. The molecule has 0 bridgehead atoms. The van der Waals surface area contributed by atoms with Gasteiger partial charge in [0.2, 0.25) is 5.88 Å². The minimum Gasteiger partial charge on any atom is -0.478 e. The largest absolute Gasteiger partial charge is 0.478 e. The highest BCUT2D eigenvalue weighted by Gasteiger charge is 2.26. The maximum Gasteiger partial charge on any atom is 0.410 e. The molecule has 1 aliphatic rings. The van der Waals surface area contributed by atoms with Crippen LogP contribution in [0.5, 0.6) is 5.88 Å². The van der Waals surface area contributed by atoms with Crippen molar-refractivity contribution in [1.29, 1.82) is 0 Å². The molecule has 0 aliphatic carbocycles. The Bertz CT molecular complexity index is 925. The summed E-state index contributed by atoms with van der Waals surface area (Å²) < 4.78 is 11.6. The van der Waals surface area contributed by atoms with Crippen molar-refractivity contribution in [3.05, 3.63) is 28.0 Å². The number of thiazole rings is 1. The molecule has 32 heavy (non-hydrogen) atoms. The summed E-state index contributed by atoms with van der Waals surface area (Å²) in [4.78, 5) is 34.2. The summed E-state index contributed by atoms with van der Waals surface area (Å²) in [7, 11) is 0. The van der Waals surface area contributed by atoms with Crippen LogP contribution < -0.4 is 15.4 Å². The van der Waals surface area contributed by atoms with E-state index >= 15 is 0 Å². The van der Waals surface area contributed by atoms with E-state index in [0.29, 0.717) is 47.6 Å². The summed E-state index contributed by atoms with van der Waals surface area (Å²) in [5.74, 6) is 1.66. The van der Waals surface area contributed by atoms with Crippen molar-refractivity contribution in [1.82, 2.24) is 14.9 Å². The molecule has 3 heterocycles. The first kappa shape index (κ1) is 24.1. The zero-order valence-electron chi connectivity index (χ0n) is 18.4. The van der Waals surface area contributed by atoms with E-state index < -0.39 is 11.6 Å². The molecule has 3 rings (SSSR count). The van der Waals surface area contributed by atoms with E-state index in [-0.39, 0.29) is 6.09 Å². The number of nitrogens with one attached hydrogen (secondary N) is 2. The molecule has 2 aromatic heterocycles. The zero-order valence-corrected chi connectivity index (χ0v) is 20.0. The lowest BCUT2D eigenvalue weighted by molar-refractivity contribution is 0.0177. The molecule has 0 aromatic carbocycles. The van der Waals surface area contributed by atoms with Crippen molar-refractivity contribution < 1.29 is 19.1 Å². The van der Waals surface area contributed by atoms with Crippen LogP contribution >= 0.6 is 22.9 Å². The molecule has 1 saturated heterocycles. The number of hydrogen-bond acceptors (Lipinski definition) is 7. The standard InChI is InChI=1S/C21H28ClN5O4S/c1-21(2,3)31-20(29)27-10-7-14(8-11-27)9-12-30-17-6-4-5-15(23-17)25-19(28)26-16-13-32-18(22)24-16/h4-6,13-14H,7-12H2,1-3H3,(H2,23,25,26,28). The van der Waals surface area contributed by atoms with Crippen LogP contribution in [0.25, 0.3) is 0 Å². The molecule has 3 amide bonds. The van der Waals surface area contributed by atoms with Crippen LogP contribution in [0.2, 0.25) is 4.47 Å². The zero-order chi connectivity index (χ0) is 23.1. The van der Waals surface area contributed by atoms with Gasteiger partial charge in [-0.25, -0.2) is 14.6 Å². The fourth-order valence-corrected chi connectivity index (χ4v) is 3.90. The maximum atomic E-state index is 12.2. The number of urea groups is 1. The number of piperidine rings is 1. The first-order chi connectivity index (χ1) is 15.2. The third-order valence-electron chi connectivity index (χ3n) is 4.73. The van der Waals surface area contributed by atoms with Gasteiger partial charge in [0.1, 0.15) is 17.2 Å². The SMILES string of the molecule is CC(C)(C)OC(=O)N1CCC(CCOc2cccc(NC(=O)Nc3csc(Cl)n3)n2)CC1. The van der Waals surface area contributed by atoms with Gasteiger partial charge in [-0.05, 0) is 52.0 Å². The van der Waals surface area contributed by atoms with E-state index in [1.165, 1.54) is 11.3 Å². The van der Waals surface area contributed by atoms with Gasteiger partial charge in [-0.2, -0.15) is 4.98 Å². The topological polar surface area (TPSA) is 106 Å². The van der Waals surface area contributed by atoms with Crippen LogP contribution in [0.3, 0.4) is 0 Å². The first-order valence-electron chi connectivity index (χ1n) is 10.4. The Labute approximate surface area is 196 Å². The number of carbonyl (C=O) groups is 2. The van der Waals surface area contributed by atoms with E-state index in [4.69, 9.17) is 21.1 Å². The number of anilines is 2. The van der Waals surface area contributed by atoms with E-state index in [9.17, 15) is 9.59 Å². The molecule has 1 aliphatic heterocycles. The Morgan fingerprint density at radius 1 is 1.19 bits per heavy atom. The smallest absolute Gasteiger partial charge is 0.410 e. The summed E-state index contributed by atoms with van der Waals surface area (Å²) in [6.07, 6.45) is 2.45. The van der Waals surface area contributed by atoms with E-state index in [1.807, 2.05) is 20.8 Å².